The molecule has 1 aromatic carbocycles. The third-order valence-electron chi connectivity index (χ3n) is 3.40. The smallest absolute Gasteiger partial charge is 0.127 e. The first-order valence-electron chi connectivity index (χ1n) is 6.77. The minimum atomic E-state index is 0.00394. The van der Waals surface area contributed by atoms with Crippen LogP contribution in [0, 0.1) is 12.8 Å². The van der Waals surface area contributed by atoms with Crippen LogP contribution in [0.3, 0.4) is 0 Å². The molecule has 0 bridgehead atoms. The molecule has 0 aliphatic rings. The first-order valence-corrected chi connectivity index (χ1v) is 6.77. The minimum absolute atomic E-state index is 0.00394. The molecule has 0 amide bonds. The van der Waals surface area contributed by atoms with Gasteiger partial charge in [-0.2, -0.15) is 0 Å². The minimum Gasteiger partial charge on any atom is -0.327 e. The van der Waals surface area contributed by atoms with Crippen molar-refractivity contribution < 1.29 is 0 Å². The summed E-state index contributed by atoms with van der Waals surface area (Å²) in [7, 11) is 0. The summed E-state index contributed by atoms with van der Waals surface area (Å²) in [6.45, 7) is 9.55. The van der Waals surface area contributed by atoms with Gasteiger partial charge in [-0.05, 0) is 37.0 Å². The second-order valence-corrected chi connectivity index (χ2v) is 5.38. The normalized spacial score (nSPS) is 13.4. The van der Waals surface area contributed by atoms with Gasteiger partial charge >= 0.3 is 0 Å². The van der Waals surface area contributed by atoms with Crippen LogP contribution in [0.5, 0.6) is 0 Å². The molecule has 1 unspecified atom stereocenters. The van der Waals surface area contributed by atoms with E-state index in [2.05, 4.69) is 50.5 Å². The molecular formula is C15H23N3. The van der Waals surface area contributed by atoms with Crippen LogP contribution in [-0.4, -0.2) is 9.55 Å². The Bertz CT molecular complexity index is 540. The molecule has 0 saturated carbocycles. The van der Waals surface area contributed by atoms with Gasteiger partial charge in [0.25, 0.3) is 0 Å². The molecule has 0 aliphatic carbocycles. The van der Waals surface area contributed by atoms with Crippen molar-refractivity contribution in [3.63, 3.8) is 0 Å². The van der Waals surface area contributed by atoms with E-state index in [1.807, 2.05) is 0 Å². The summed E-state index contributed by atoms with van der Waals surface area (Å²) in [4.78, 5) is 4.75. The molecule has 3 nitrogen and oxygen atoms in total. The van der Waals surface area contributed by atoms with Crippen molar-refractivity contribution in [1.82, 2.24) is 9.55 Å². The molecule has 18 heavy (non-hydrogen) atoms. The molecule has 1 aromatic heterocycles. The Morgan fingerprint density at radius 3 is 2.67 bits per heavy atom. The monoisotopic (exact) mass is 245 g/mol. The number of rotatable bonds is 4. The maximum atomic E-state index is 6.29. The van der Waals surface area contributed by atoms with Gasteiger partial charge in [-0.25, -0.2) is 4.98 Å². The predicted octanol–water partition coefficient (Wildman–Crippen LogP) is 3.41. The average Bonchev–Trinajstić information content (AvgIpc) is 2.66. The molecule has 1 heterocycles. The molecule has 0 saturated heterocycles. The molecule has 3 heteroatoms. The highest BCUT2D eigenvalue weighted by Crippen LogP contribution is 2.24. The van der Waals surface area contributed by atoms with E-state index in [9.17, 15) is 0 Å². The van der Waals surface area contributed by atoms with Gasteiger partial charge in [0.1, 0.15) is 5.82 Å². The number of nitrogens with two attached hydrogens (primary N) is 1. The van der Waals surface area contributed by atoms with Crippen molar-refractivity contribution in [2.45, 2.75) is 46.7 Å². The fourth-order valence-electron chi connectivity index (χ4n) is 2.27. The molecule has 0 aliphatic heterocycles. The topological polar surface area (TPSA) is 43.8 Å². The zero-order valence-corrected chi connectivity index (χ0v) is 11.8. The van der Waals surface area contributed by atoms with Crippen LogP contribution in [-0.2, 0) is 6.54 Å². The number of benzene rings is 1. The van der Waals surface area contributed by atoms with E-state index >= 15 is 0 Å². The number of fused-ring (bicyclic) bond motifs is 1. The lowest BCUT2D eigenvalue weighted by Crippen LogP contribution is -2.21. The molecule has 2 aromatic rings. The Hall–Kier alpha value is -1.35. The molecule has 98 valence electrons. The second kappa shape index (κ2) is 5.11. The van der Waals surface area contributed by atoms with Crippen molar-refractivity contribution >= 4 is 11.0 Å². The van der Waals surface area contributed by atoms with E-state index in [1.54, 1.807) is 0 Å². The van der Waals surface area contributed by atoms with Crippen molar-refractivity contribution in [3.8, 4) is 0 Å². The van der Waals surface area contributed by atoms with Crippen molar-refractivity contribution in [2.75, 3.05) is 0 Å². The maximum absolute atomic E-state index is 6.29. The van der Waals surface area contributed by atoms with E-state index < -0.39 is 0 Å². The van der Waals surface area contributed by atoms with E-state index in [0.29, 0.717) is 5.92 Å². The number of nitrogens with zero attached hydrogens (tertiary/aromatic N) is 2. The highest BCUT2D eigenvalue weighted by Gasteiger charge is 2.19. The van der Waals surface area contributed by atoms with E-state index in [4.69, 9.17) is 10.7 Å². The molecule has 0 radical (unpaired) electrons. The molecule has 2 N–H and O–H groups in total. The summed E-state index contributed by atoms with van der Waals surface area (Å²) in [6, 6.07) is 6.44. The van der Waals surface area contributed by atoms with Crippen molar-refractivity contribution in [1.29, 1.82) is 0 Å². The van der Waals surface area contributed by atoms with Crippen LogP contribution in [0.2, 0.25) is 0 Å². The van der Waals surface area contributed by atoms with Gasteiger partial charge in [-0.3, -0.25) is 0 Å². The largest absolute Gasteiger partial charge is 0.327 e. The van der Waals surface area contributed by atoms with Crippen molar-refractivity contribution in [2.24, 2.45) is 11.7 Å². The van der Waals surface area contributed by atoms with Crippen LogP contribution in [0.15, 0.2) is 18.2 Å². The molecule has 0 spiro atoms. The van der Waals surface area contributed by atoms with Gasteiger partial charge in [0.2, 0.25) is 0 Å². The Balaban J connectivity index is 2.60. The Labute approximate surface area is 109 Å². The molecule has 2 rings (SSSR count). The summed E-state index contributed by atoms with van der Waals surface area (Å²) in [5.74, 6) is 1.42. The lowest BCUT2D eigenvalue weighted by molar-refractivity contribution is 0.467. The molecule has 1 atom stereocenters. The molecular weight excluding hydrogens is 222 g/mol. The highest BCUT2D eigenvalue weighted by atomic mass is 15.1. The van der Waals surface area contributed by atoms with Crippen LogP contribution in [0.4, 0.5) is 0 Å². The summed E-state index contributed by atoms with van der Waals surface area (Å²) < 4.78 is 2.28. The second-order valence-electron chi connectivity index (χ2n) is 5.38. The summed E-state index contributed by atoms with van der Waals surface area (Å²) in [5.41, 5.74) is 9.80. The van der Waals surface area contributed by atoms with Gasteiger partial charge in [-0.15, -0.1) is 0 Å². The SMILES string of the molecule is CCCn1c(C(N)C(C)C)nc2cc(C)ccc21. The third-order valence-corrected chi connectivity index (χ3v) is 3.40. The van der Waals surface area contributed by atoms with Crippen molar-refractivity contribution in [3.05, 3.63) is 29.6 Å². The molecule has 0 fully saturated rings. The fraction of sp³-hybridized carbons (Fsp3) is 0.533. The zero-order valence-electron chi connectivity index (χ0n) is 11.8. The number of aryl methyl sites for hydroxylation is 2. The van der Waals surface area contributed by atoms with Crippen LogP contribution >= 0.6 is 0 Å². The number of imidazole rings is 1. The average molecular weight is 245 g/mol. The van der Waals surface area contributed by atoms with Crippen LogP contribution in [0.1, 0.15) is 44.6 Å². The maximum Gasteiger partial charge on any atom is 0.127 e. The van der Waals surface area contributed by atoms with Crippen LogP contribution in [0.25, 0.3) is 11.0 Å². The van der Waals surface area contributed by atoms with E-state index in [0.717, 1.165) is 24.3 Å². The van der Waals surface area contributed by atoms with Gasteiger partial charge in [0.05, 0.1) is 17.1 Å². The quantitative estimate of drug-likeness (QED) is 0.897. The zero-order chi connectivity index (χ0) is 13.3. The Kier molecular flexibility index (Phi) is 3.71. The summed E-state index contributed by atoms with van der Waals surface area (Å²) in [5, 5.41) is 0. The first kappa shape index (κ1) is 13.1. The lowest BCUT2D eigenvalue weighted by atomic mass is 10.1. The Morgan fingerprint density at radius 1 is 1.33 bits per heavy atom. The summed E-state index contributed by atoms with van der Waals surface area (Å²) in [6.07, 6.45) is 1.09. The highest BCUT2D eigenvalue weighted by molar-refractivity contribution is 5.77. The van der Waals surface area contributed by atoms with Gasteiger partial charge in [0.15, 0.2) is 0 Å². The number of hydrogen-bond acceptors (Lipinski definition) is 2. The van der Waals surface area contributed by atoms with E-state index in [1.165, 1.54) is 11.1 Å². The third kappa shape index (κ3) is 2.27. The summed E-state index contributed by atoms with van der Waals surface area (Å²) >= 11 is 0. The number of hydrogen-bond donors (Lipinski definition) is 1. The van der Waals surface area contributed by atoms with Gasteiger partial charge in [-0.1, -0.05) is 26.8 Å². The first-order chi connectivity index (χ1) is 8.54. The van der Waals surface area contributed by atoms with E-state index in [-0.39, 0.29) is 6.04 Å². The number of aromatic nitrogens is 2. The van der Waals surface area contributed by atoms with Gasteiger partial charge < -0.3 is 10.3 Å². The van der Waals surface area contributed by atoms with Crippen LogP contribution < -0.4 is 5.73 Å². The predicted molar refractivity (Wildman–Crippen MR) is 76.5 cm³/mol. The lowest BCUT2D eigenvalue weighted by Gasteiger charge is -2.17. The standard InChI is InChI=1S/C15H23N3/c1-5-8-18-13-7-6-11(4)9-12(13)17-15(18)14(16)10(2)3/h6-7,9-10,14H,5,8,16H2,1-4H3. The fourth-order valence-corrected chi connectivity index (χ4v) is 2.27. The Morgan fingerprint density at radius 2 is 2.06 bits per heavy atom. The van der Waals surface area contributed by atoms with Gasteiger partial charge in [0, 0.05) is 6.54 Å².